The molecule has 1 aromatic heterocycles. The minimum absolute atomic E-state index is 0.648. The summed E-state index contributed by atoms with van der Waals surface area (Å²) >= 11 is 0. The standard InChI is InChI=1S/C16H14N2O/c17-14-6-3-11(4-7-14)16(19)13-5-8-15-12(10-13)2-1-9-18-15/h1-10,16,19H,17H2. The molecule has 0 aliphatic carbocycles. The molecule has 3 rings (SSSR count). The molecule has 0 aliphatic heterocycles. The minimum Gasteiger partial charge on any atom is -0.399 e. The van der Waals surface area contributed by atoms with Crippen molar-refractivity contribution in [1.29, 1.82) is 0 Å². The lowest BCUT2D eigenvalue weighted by molar-refractivity contribution is 0.220. The first-order valence-electron chi connectivity index (χ1n) is 6.12. The number of aliphatic hydroxyl groups excluding tert-OH is 1. The molecule has 0 saturated carbocycles. The highest BCUT2D eigenvalue weighted by molar-refractivity contribution is 5.79. The van der Waals surface area contributed by atoms with E-state index in [9.17, 15) is 5.11 Å². The van der Waals surface area contributed by atoms with Crippen LogP contribution in [0.2, 0.25) is 0 Å². The lowest BCUT2D eigenvalue weighted by atomic mass is 10.00. The normalized spacial score (nSPS) is 12.5. The average molecular weight is 250 g/mol. The topological polar surface area (TPSA) is 59.1 Å². The molecule has 0 spiro atoms. The Hall–Kier alpha value is -2.39. The van der Waals surface area contributed by atoms with Gasteiger partial charge in [-0.1, -0.05) is 24.3 Å². The van der Waals surface area contributed by atoms with Crippen LogP contribution in [0.25, 0.3) is 10.9 Å². The van der Waals surface area contributed by atoms with Gasteiger partial charge in [0.05, 0.1) is 5.52 Å². The molecule has 0 fully saturated rings. The van der Waals surface area contributed by atoms with Crippen LogP contribution in [-0.2, 0) is 0 Å². The van der Waals surface area contributed by atoms with Gasteiger partial charge in [0, 0.05) is 17.3 Å². The molecule has 0 saturated heterocycles. The number of anilines is 1. The van der Waals surface area contributed by atoms with Crippen molar-refractivity contribution in [2.45, 2.75) is 6.10 Å². The molecule has 19 heavy (non-hydrogen) atoms. The fraction of sp³-hybridized carbons (Fsp3) is 0.0625. The molecular formula is C16H14N2O. The van der Waals surface area contributed by atoms with Crippen molar-refractivity contribution in [1.82, 2.24) is 4.98 Å². The second-order valence-corrected chi connectivity index (χ2v) is 4.52. The van der Waals surface area contributed by atoms with Gasteiger partial charge in [0.25, 0.3) is 0 Å². The van der Waals surface area contributed by atoms with Gasteiger partial charge in [-0.25, -0.2) is 0 Å². The highest BCUT2D eigenvalue weighted by atomic mass is 16.3. The van der Waals surface area contributed by atoms with Gasteiger partial charge in [-0.2, -0.15) is 0 Å². The van der Waals surface area contributed by atoms with Gasteiger partial charge < -0.3 is 10.8 Å². The predicted octanol–water partition coefficient (Wildman–Crippen LogP) is 2.90. The van der Waals surface area contributed by atoms with Crippen LogP contribution in [0.3, 0.4) is 0 Å². The molecule has 3 nitrogen and oxygen atoms in total. The maximum atomic E-state index is 10.4. The van der Waals surface area contributed by atoms with E-state index in [0.717, 1.165) is 22.0 Å². The number of hydrogen-bond donors (Lipinski definition) is 2. The molecule has 0 amide bonds. The van der Waals surface area contributed by atoms with Gasteiger partial charge in [-0.15, -0.1) is 0 Å². The second-order valence-electron chi connectivity index (χ2n) is 4.52. The first kappa shape index (κ1) is 11.7. The van der Waals surface area contributed by atoms with Crippen molar-refractivity contribution in [2.24, 2.45) is 0 Å². The number of aliphatic hydroxyl groups is 1. The van der Waals surface area contributed by atoms with Crippen LogP contribution in [0, 0.1) is 0 Å². The van der Waals surface area contributed by atoms with Crippen molar-refractivity contribution >= 4 is 16.6 Å². The number of pyridine rings is 1. The first-order chi connectivity index (χ1) is 9.24. The van der Waals surface area contributed by atoms with Gasteiger partial charge >= 0.3 is 0 Å². The number of fused-ring (bicyclic) bond motifs is 1. The van der Waals surface area contributed by atoms with Crippen LogP contribution >= 0.6 is 0 Å². The SMILES string of the molecule is Nc1ccc(C(O)c2ccc3ncccc3c2)cc1. The molecule has 94 valence electrons. The largest absolute Gasteiger partial charge is 0.399 e. The van der Waals surface area contributed by atoms with Gasteiger partial charge in [-0.05, 0) is 41.5 Å². The van der Waals surface area contributed by atoms with Crippen molar-refractivity contribution in [3.63, 3.8) is 0 Å². The smallest absolute Gasteiger partial charge is 0.104 e. The fourth-order valence-electron chi connectivity index (χ4n) is 2.13. The van der Waals surface area contributed by atoms with Crippen LogP contribution in [0.15, 0.2) is 60.8 Å². The summed E-state index contributed by atoms with van der Waals surface area (Å²) in [6, 6.07) is 16.9. The van der Waals surface area contributed by atoms with Gasteiger partial charge in [0.1, 0.15) is 6.10 Å². The fourth-order valence-corrected chi connectivity index (χ4v) is 2.13. The number of rotatable bonds is 2. The Morgan fingerprint density at radius 1 is 0.947 bits per heavy atom. The van der Waals surface area contributed by atoms with Gasteiger partial charge in [0.2, 0.25) is 0 Å². The lowest BCUT2D eigenvalue weighted by Crippen LogP contribution is -2.00. The second kappa shape index (κ2) is 4.71. The van der Waals surface area contributed by atoms with Crippen LogP contribution < -0.4 is 5.73 Å². The molecule has 0 bridgehead atoms. The number of aromatic nitrogens is 1. The molecule has 3 aromatic rings. The summed E-state index contributed by atoms with van der Waals surface area (Å²) in [5.41, 5.74) is 8.95. The molecule has 3 N–H and O–H groups in total. The number of nitrogens with zero attached hydrogens (tertiary/aromatic N) is 1. The first-order valence-corrected chi connectivity index (χ1v) is 6.12. The quantitative estimate of drug-likeness (QED) is 0.687. The number of nitrogen functional groups attached to an aromatic ring is 1. The molecular weight excluding hydrogens is 236 g/mol. The average Bonchev–Trinajstić information content (AvgIpc) is 2.47. The highest BCUT2D eigenvalue weighted by Gasteiger charge is 2.10. The zero-order valence-electron chi connectivity index (χ0n) is 10.3. The summed E-state index contributed by atoms with van der Waals surface area (Å²) in [4.78, 5) is 4.27. The van der Waals surface area contributed by atoms with E-state index in [1.54, 1.807) is 18.3 Å². The molecule has 1 heterocycles. The Labute approximate surface area is 111 Å². The number of benzene rings is 2. The van der Waals surface area contributed by atoms with Gasteiger partial charge in [0.15, 0.2) is 0 Å². The van der Waals surface area contributed by atoms with E-state index in [-0.39, 0.29) is 0 Å². The maximum Gasteiger partial charge on any atom is 0.104 e. The highest BCUT2D eigenvalue weighted by Crippen LogP contribution is 2.25. The summed E-state index contributed by atoms with van der Waals surface area (Å²) in [6.45, 7) is 0. The summed E-state index contributed by atoms with van der Waals surface area (Å²) < 4.78 is 0. The Bertz CT molecular complexity index is 707. The van der Waals surface area contributed by atoms with Crippen LogP contribution in [-0.4, -0.2) is 10.1 Å². The molecule has 1 atom stereocenters. The predicted molar refractivity (Wildman–Crippen MR) is 76.7 cm³/mol. The van der Waals surface area contributed by atoms with E-state index in [0.29, 0.717) is 5.69 Å². The van der Waals surface area contributed by atoms with E-state index in [2.05, 4.69) is 4.98 Å². The summed E-state index contributed by atoms with van der Waals surface area (Å²) in [6.07, 6.45) is 1.11. The molecule has 1 unspecified atom stereocenters. The van der Waals surface area contributed by atoms with Crippen molar-refractivity contribution < 1.29 is 5.11 Å². The third kappa shape index (κ3) is 2.28. The number of hydrogen-bond acceptors (Lipinski definition) is 3. The van der Waals surface area contributed by atoms with E-state index in [1.165, 1.54) is 0 Å². The molecule has 0 radical (unpaired) electrons. The van der Waals surface area contributed by atoms with Crippen molar-refractivity contribution in [2.75, 3.05) is 5.73 Å². The lowest BCUT2D eigenvalue weighted by Gasteiger charge is -2.12. The van der Waals surface area contributed by atoms with Crippen molar-refractivity contribution in [3.05, 3.63) is 71.9 Å². The Morgan fingerprint density at radius 3 is 2.47 bits per heavy atom. The van der Waals surface area contributed by atoms with Crippen LogP contribution in [0.4, 0.5) is 5.69 Å². The van der Waals surface area contributed by atoms with E-state index in [1.807, 2.05) is 42.5 Å². The molecule has 3 heteroatoms. The zero-order chi connectivity index (χ0) is 13.2. The van der Waals surface area contributed by atoms with Crippen LogP contribution in [0.5, 0.6) is 0 Å². The number of nitrogens with two attached hydrogens (primary N) is 1. The Morgan fingerprint density at radius 2 is 1.68 bits per heavy atom. The minimum atomic E-state index is -0.648. The summed E-state index contributed by atoms with van der Waals surface area (Å²) in [5, 5.41) is 11.4. The Balaban J connectivity index is 2.01. The maximum absolute atomic E-state index is 10.4. The third-order valence-corrected chi connectivity index (χ3v) is 3.20. The summed E-state index contributed by atoms with van der Waals surface area (Å²) in [5.74, 6) is 0. The monoisotopic (exact) mass is 250 g/mol. The third-order valence-electron chi connectivity index (χ3n) is 3.20. The van der Waals surface area contributed by atoms with Crippen molar-refractivity contribution in [3.8, 4) is 0 Å². The van der Waals surface area contributed by atoms with E-state index >= 15 is 0 Å². The van der Waals surface area contributed by atoms with E-state index in [4.69, 9.17) is 5.73 Å². The van der Waals surface area contributed by atoms with Crippen LogP contribution in [0.1, 0.15) is 17.2 Å². The van der Waals surface area contributed by atoms with E-state index < -0.39 is 6.10 Å². The Kier molecular flexibility index (Phi) is 2.89. The summed E-state index contributed by atoms with van der Waals surface area (Å²) in [7, 11) is 0. The molecule has 0 aliphatic rings. The molecule has 2 aromatic carbocycles. The van der Waals surface area contributed by atoms with Gasteiger partial charge in [-0.3, -0.25) is 4.98 Å². The zero-order valence-corrected chi connectivity index (χ0v) is 10.3.